The summed E-state index contributed by atoms with van der Waals surface area (Å²) < 4.78 is 0. The van der Waals surface area contributed by atoms with E-state index in [4.69, 9.17) is 5.73 Å². The van der Waals surface area contributed by atoms with E-state index < -0.39 is 0 Å². The van der Waals surface area contributed by atoms with Crippen molar-refractivity contribution in [3.8, 4) is 0 Å². The van der Waals surface area contributed by atoms with Crippen LogP contribution in [0.5, 0.6) is 0 Å². The number of anilines is 1. The molecular weight excluding hydrogens is 452 g/mol. The number of para-hydroxylation sites is 1. The summed E-state index contributed by atoms with van der Waals surface area (Å²) in [6.07, 6.45) is 3.97. The molecule has 2 N–H and O–H groups in total. The molecule has 36 heavy (non-hydrogen) atoms. The number of hydrogen-bond acceptors (Lipinski definition) is 4. The van der Waals surface area contributed by atoms with E-state index in [0.717, 1.165) is 22.4 Å². The Morgan fingerprint density at radius 2 is 1.47 bits per heavy atom. The highest BCUT2D eigenvalue weighted by Crippen LogP contribution is 2.28. The van der Waals surface area contributed by atoms with Gasteiger partial charge in [-0.1, -0.05) is 54.6 Å². The van der Waals surface area contributed by atoms with Crippen LogP contribution in [0.1, 0.15) is 37.4 Å². The lowest BCUT2D eigenvalue weighted by Gasteiger charge is -2.23. The topological polar surface area (TPSA) is 87.0 Å². The molecule has 0 aliphatic carbocycles. The van der Waals surface area contributed by atoms with Gasteiger partial charge in [0.2, 0.25) is 5.91 Å². The number of nitrogens with zero attached hydrogens (tertiary/aromatic N) is 3. The van der Waals surface area contributed by atoms with Gasteiger partial charge in [0.1, 0.15) is 6.54 Å². The number of hydrogen-bond donors (Lipinski definition) is 1. The minimum absolute atomic E-state index is 0.00407. The van der Waals surface area contributed by atoms with Gasteiger partial charge in [0.15, 0.2) is 0 Å². The second-order valence-electron chi connectivity index (χ2n) is 9.05. The summed E-state index contributed by atoms with van der Waals surface area (Å²) in [5.74, 6) is -0.364. The highest BCUT2D eigenvalue weighted by molar-refractivity contribution is 6.02. The zero-order chi connectivity index (χ0) is 25.1. The van der Waals surface area contributed by atoms with Crippen molar-refractivity contribution in [2.24, 2.45) is 5.73 Å². The number of amides is 3. The summed E-state index contributed by atoms with van der Waals surface area (Å²) in [7, 11) is 0. The molecule has 0 saturated heterocycles. The Morgan fingerprint density at radius 3 is 2.22 bits per heavy atom. The lowest BCUT2D eigenvalue weighted by molar-refractivity contribution is -0.119. The first-order valence-corrected chi connectivity index (χ1v) is 12.0. The SMILES string of the molecule is NCc1cccc(C(=O)N2CC(=O)N(Cc3ccc(C(=O)N4CC=CC4)cc3)c3ccccc3C2)c1. The predicted octanol–water partition coefficient (Wildman–Crippen LogP) is 3.35. The largest absolute Gasteiger partial charge is 0.331 e. The average Bonchev–Trinajstić information content (AvgIpc) is 3.42. The molecule has 3 aromatic rings. The minimum Gasteiger partial charge on any atom is -0.331 e. The smallest absolute Gasteiger partial charge is 0.254 e. The van der Waals surface area contributed by atoms with Crippen molar-refractivity contribution in [3.05, 3.63) is 113 Å². The molecule has 0 aromatic heterocycles. The molecule has 0 radical (unpaired) electrons. The van der Waals surface area contributed by atoms with Gasteiger partial charge in [-0.3, -0.25) is 14.4 Å². The number of carbonyl (C=O) groups is 3. The second-order valence-corrected chi connectivity index (χ2v) is 9.05. The Morgan fingerprint density at radius 1 is 0.750 bits per heavy atom. The lowest BCUT2D eigenvalue weighted by atomic mass is 10.1. The van der Waals surface area contributed by atoms with Crippen molar-refractivity contribution in [2.45, 2.75) is 19.6 Å². The zero-order valence-electron chi connectivity index (χ0n) is 20.0. The molecule has 0 bridgehead atoms. The normalized spacial score (nSPS) is 15.1. The molecule has 2 aliphatic rings. The predicted molar refractivity (Wildman–Crippen MR) is 138 cm³/mol. The summed E-state index contributed by atoms with van der Waals surface area (Å²) in [5.41, 5.74) is 10.4. The molecule has 2 heterocycles. The maximum atomic E-state index is 13.4. The van der Waals surface area contributed by atoms with Crippen LogP contribution in [0.4, 0.5) is 5.69 Å². The second kappa shape index (κ2) is 10.2. The van der Waals surface area contributed by atoms with Crippen LogP contribution in [-0.4, -0.2) is 47.2 Å². The first kappa shape index (κ1) is 23.5. The van der Waals surface area contributed by atoms with Gasteiger partial charge >= 0.3 is 0 Å². The fourth-order valence-corrected chi connectivity index (χ4v) is 4.65. The maximum absolute atomic E-state index is 13.4. The van der Waals surface area contributed by atoms with Gasteiger partial charge in [-0.25, -0.2) is 0 Å². The Kier molecular flexibility index (Phi) is 6.64. The van der Waals surface area contributed by atoms with Crippen LogP contribution in [0.25, 0.3) is 0 Å². The van der Waals surface area contributed by atoms with E-state index >= 15 is 0 Å². The monoisotopic (exact) mass is 480 g/mol. The van der Waals surface area contributed by atoms with Crippen molar-refractivity contribution in [2.75, 3.05) is 24.5 Å². The fraction of sp³-hybridized carbons (Fsp3) is 0.207. The third-order valence-electron chi connectivity index (χ3n) is 6.61. The van der Waals surface area contributed by atoms with E-state index in [1.807, 2.05) is 72.8 Å². The Hall–Kier alpha value is -4.23. The molecule has 7 nitrogen and oxygen atoms in total. The van der Waals surface area contributed by atoms with Gasteiger partial charge in [-0.05, 0) is 47.0 Å². The number of benzene rings is 3. The van der Waals surface area contributed by atoms with Gasteiger partial charge in [0.05, 0.1) is 6.54 Å². The van der Waals surface area contributed by atoms with Crippen molar-refractivity contribution >= 4 is 23.4 Å². The van der Waals surface area contributed by atoms with Gasteiger partial charge < -0.3 is 20.4 Å². The summed E-state index contributed by atoms with van der Waals surface area (Å²) in [4.78, 5) is 44.5. The van der Waals surface area contributed by atoms with E-state index in [-0.39, 0.29) is 24.3 Å². The Bertz CT molecular complexity index is 1320. The molecule has 0 saturated carbocycles. The van der Waals surface area contributed by atoms with Crippen molar-refractivity contribution < 1.29 is 14.4 Å². The molecule has 3 amide bonds. The average molecular weight is 481 g/mol. The van der Waals surface area contributed by atoms with Crippen molar-refractivity contribution in [3.63, 3.8) is 0 Å². The highest BCUT2D eigenvalue weighted by Gasteiger charge is 2.29. The van der Waals surface area contributed by atoms with Gasteiger partial charge in [-0.2, -0.15) is 0 Å². The first-order chi connectivity index (χ1) is 17.5. The summed E-state index contributed by atoms with van der Waals surface area (Å²) >= 11 is 0. The van der Waals surface area contributed by atoms with E-state index in [9.17, 15) is 14.4 Å². The number of fused-ring (bicyclic) bond motifs is 1. The standard InChI is InChI=1S/C29H28N4O3/c30-17-22-6-5-8-24(16-22)29(36)32-19-25-7-1-2-9-26(25)33(27(34)20-32)18-21-10-12-23(13-11-21)28(35)31-14-3-4-15-31/h1-13,16H,14-15,17-20,30H2. The first-order valence-electron chi connectivity index (χ1n) is 12.0. The number of nitrogens with two attached hydrogens (primary N) is 1. The summed E-state index contributed by atoms with van der Waals surface area (Å²) in [6.45, 7) is 2.26. The van der Waals surface area contributed by atoms with Crippen LogP contribution < -0.4 is 10.6 Å². The number of rotatable bonds is 5. The number of carbonyl (C=O) groups excluding carboxylic acids is 3. The van der Waals surface area contributed by atoms with Crippen molar-refractivity contribution in [1.29, 1.82) is 0 Å². The molecule has 2 aliphatic heterocycles. The molecule has 182 valence electrons. The molecule has 0 fully saturated rings. The molecule has 3 aromatic carbocycles. The van der Waals surface area contributed by atoms with Crippen LogP contribution in [-0.2, 0) is 24.4 Å². The highest BCUT2D eigenvalue weighted by atomic mass is 16.2. The molecule has 0 spiro atoms. The minimum atomic E-state index is -0.199. The van der Waals surface area contributed by atoms with E-state index in [1.165, 1.54) is 0 Å². The van der Waals surface area contributed by atoms with Crippen LogP contribution in [0, 0.1) is 0 Å². The molecule has 5 rings (SSSR count). The third-order valence-corrected chi connectivity index (χ3v) is 6.61. The third kappa shape index (κ3) is 4.78. The molecule has 7 heteroatoms. The molecular formula is C29H28N4O3. The van der Waals surface area contributed by atoms with E-state index in [0.29, 0.717) is 43.9 Å². The van der Waals surface area contributed by atoms with E-state index in [2.05, 4.69) is 0 Å². The van der Waals surface area contributed by atoms with Crippen LogP contribution in [0.3, 0.4) is 0 Å². The van der Waals surface area contributed by atoms with Crippen LogP contribution in [0.2, 0.25) is 0 Å². The zero-order valence-corrected chi connectivity index (χ0v) is 20.0. The quantitative estimate of drug-likeness (QED) is 0.568. The van der Waals surface area contributed by atoms with Crippen LogP contribution in [0.15, 0.2) is 84.9 Å². The van der Waals surface area contributed by atoms with Gasteiger partial charge in [0.25, 0.3) is 11.8 Å². The maximum Gasteiger partial charge on any atom is 0.254 e. The summed E-state index contributed by atoms with van der Waals surface area (Å²) in [6, 6.07) is 22.3. The van der Waals surface area contributed by atoms with Gasteiger partial charge in [-0.15, -0.1) is 0 Å². The lowest BCUT2D eigenvalue weighted by Crippen LogP contribution is -2.39. The van der Waals surface area contributed by atoms with Gasteiger partial charge in [0, 0.05) is 43.0 Å². The fourth-order valence-electron chi connectivity index (χ4n) is 4.65. The van der Waals surface area contributed by atoms with Crippen LogP contribution >= 0.6 is 0 Å². The molecule has 0 atom stereocenters. The van der Waals surface area contributed by atoms with Crippen molar-refractivity contribution in [1.82, 2.24) is 9.80 Å². The summed E-state index contributed by atoms with van der Waals surface area (Å²) in [5, 5.41) is 0. The Labute approximate surface area is 210 Å². The van der Waals surface area contributed by atoms with E-state index in [1.54, 1.807) is 26.8 Å². The Balaban J connectivity index is 1.37. The molecule has 0 unspecified atom stereocenters.